The minimum absolute atomic E-state index is 0. The zero-order valence-electron chi connectivity index (χ0n) is 22.0. The predicted molar refractivity (Wildman–Crippen MR) is 162 cm³/mol. The van der Waals surface area contributed by atoms with Crippen LogP contribution in [0.1, 0.15) is 34.7 Å². The largest absolute Gasteiger partial charge is 0.397 e. The zero-order chi connectivity index (χ0) is 29.9. The van der Waals surface area contributed by atoms with Gasteiger partial charge in [0, 0.05) is 78.8 Å². The smallest absolute Gasteiger partial charge is 0.296 e. The molecule has 4 aromatic rings. The van der Waals surface area contributed by atoms with Gasteiger partial charge in [-0.1, -0.05) is 24.3 Å². The van der Waals surface area contributed by atoms with Gasteiger partial charge in [0.25, 0.3) is 20.2 Å². The van der Waals surface area contributed by atoms with Crippen LogP contribution in [-0.4, -0.2) is 112 Å². The van der Waals surface area contributed by atoms with Crippen molar-refractivity contribution in [2.45, 2.75) is 9.79 Å². The fraction of sp³-hybridized carbons (Fsp3) is 0. The first kappa shape index (κ1) is 35.3. The van der Waals surface area contributed by atoms with Gasteiger partial charge in [0.1, 0.15) is 9.79 Å². The molecule has 0 saturated carbocycles. The number of carbonyl (C=O) groups is 2. The van der Waals surface area contributed by atoms with E-state index in [-0.39, 0.29) is 112 Å². The van der Waals surface area contributed by atoms with Gasteiger partial charge < -0.3 is 16.4 Å². The molecular weight excluding hydrogens is 669 g/mol. The number of nitrogens with zero attached hydrogens (tertiary/aromatic N) is 3. The van der Waals surface area contributed by atoms with Crippen LogP contribution in [0.4, 0.5) is 28.7 Å². The Bertz CT molecular complexity index is 2040. The number of anilines is 5. The van der Waals surface area contributed by atoms with Gasteiger partial charge in [-0.3, -0.25) is 18.7 Å². The van der Waals surface area contributed by atoms with Gasteiger partial charge in [-0.05, 0) is 47.5 Å². The summed E-state index contributed by atoms with van der Waals surface area (Å²) in [4.78, 5) is 36.5. The first-order chi connectivity index (χ1) is 19.1. The van der Waals surface area contributed by atoms with E-state index in [2.05, 4.69) is 25.6 Å². The molecule has 1 aliphatic carbocycles. The fourth-order valence-corrected chi connectivity index (χ4v) is 5.83. The molecule has 3 aromatic carbocycles. The number of hydrogen-bond donors (Lipinski definition) is 5. The van der Waals surface area contributed by atoms with Crippen molar-refractivity contribution in [2.24, 2.45) is 0 Å². The number of rotatable bonds is 6. The molecule has 0 atom stereocenters. The third kappa shape index (κ3) is 7.06. The molecule has 5 rings (SSSR count). The van der Waals surface area contributed by atoms with Crippen LogP contribution in [0, 0.1) is 0 Å². The van der Waals surface area contributed by atoms with E-state index < -0.39 is 52.8 Å². The summed E-state index contributed by atoms with van der Waals surface area (Å²) < 4.78 is 67.9. The number of aromatic nitrogens is 3. The van der Waals surface area contributed by atoms with Crippen LogP contribution in [0.25, 0.3) is 0 Å². The van der Waals surface area contributed by atoms with E-state index in [1.807, 2.05) is 0 Å². The van der Waals surface area contributed by atoms with Gasteiger partial charge in [-0.25, -0.2) is 0 Å². The van der Waals surface area contributed by atoms with Crippen molar-refractivity contribution in [2.75, 3.05) is 16.4 Å². The van der Waals surface area contributed by atoms with E-state index in [0.29, 0.717) is 0 Å². The van der Waals surface area contributed by atoms with E-state index >= 15 is 0 Å². The molecular formula is C23H18Cl2N6Na2O8S2. The standard InChI is InChI=1S/C23H14Cl2N6O8S2.2Na.2H2/c24-21-29-22(25)31-23(30-21)28-12-7-9(5-6-14(12)40(34,35)36)27-13-8-15(41(37,38)39)18(26)17-16(13)19(32)10-3-1-2-4-11(10)20(17)33;;;;/h1-8,27H,26H2,(H,34,35,36)(H,37,38,39)(H,28,29,30,31);;;2*1H. The van der Waals surface area contributed by atoms with E-state index in [0.717, 1.165) is 18.2 Å². The van der Waals surface area contributed by atoms with Crippen LogP contribution in [-0.2, 0) is 20.2 Å². The second kappa shape index (κ2) is 13.0. The number of benzene rings is 3. The number of nitrogens with one attached hydrogen (secondary N) is 2. The number of ketones is 2. The van der Waals surface area contributed by atoms with Gasteiger partial charge in [0.2, 0.25) is 16.5 Å². The molecule has 20 heteroatoms. The Morgan fingerprint density at radius 1 is 0.721 bits per heavy atom. The molecule has 0 unspecified atom stereocenters. The maximum absolute atomic E-state index is 13.5. The average Bonchev–Trinajstić information content (AvgIpc) is 2.86. The molecule has 2 radical (unpaired) electrons. The Morgan fingerprint density at radius 3 is 1.79 bits per heavy atom. The average molecular weight is 687 g/mol. The predicted octanol–water partition coefficient (Wildman–Crippen LogP) is 3.25. The van der Waals surface area contributed by atoms with Crippen molar-refractivity contribution < 1.29 is 38.4 Å². The molecule has 0 spiro atoms. The summed E-state index contributed by atoms with van der Waals surface area (Å²) >= 11 is 11.5. The van der Waals surface area contributed by atoms with Crippen molar-refractivity contribution in [3.8, 4) is 0 Å². The van der Waals surface area contributed by atoms with Gasteiger partial charge >= 0.3 is 0 Å². The maximum atomic E-state index is 13.5. The summed E-state index contributed by atoms with van der Waals surface area (Å²) in [6.07, 6.45) is 0. The van der Waals surface area contributed by atoms with Crippen molar-refractivity contribution in [3.63, 3.8) is 0 Å². The number of halogens is 2. The molecule has 0 amide bonds. The van der Waals surface area contributed by atoms with E-state index in [1.54, 1.807) is 0 Å². The Morgan fingerprint density at radius 2 is 1.26 bits per heavy atom. The summed E-state index contributed by atoms with van der Waals surface area (Å²) in [5, 5.41) is 4.63. The molecule has 1 aromatic heterocycles. The van der Waals surface area contributed by atoms with Crippen LogP contribution in [0.15, 0.2) is 58.3 Å². The fourth-order valence-electron chi connectivity index (χ4n) is 4.19. The molecule has 0 bridgehead atoms. The molecule has 43 heavy (non-hydrogen) atoms. The molecule has 1 aliphatic rings. The number of hydrogen-bond acceptors (Lipinski definition) is 12. The van der Waals surface area contributed by atoms with E-state index in [4.69, 9.17) is 28.9 Å². The zero-order valence-corrected chi connectivity index (χ0v) is 29.1. The number of nitrogens with two attached hydrogens (primary N) is 1. The minimum atomic E-state index is -4.98. The van der Waals surface area contributed by atoms with E-state index in [1.165, 1.54) is 30.3 Å². The Balaban J connectivity index is 0.00000253. The monoisotopic (exact) mass is 686 g/mol. The molecule has 6 N–H and O–H groups in total. The quantitative estimate of drug-likeness (QED) is 0.0980. The van der Waals surface area contributed by atoms with Gasteiger partial charge in [0.05, 0.1) is 28.2 Å². The minimum Gasteiger partial charge on any atom is -0.397 e. The van der Waals surface area contributed by atoms with Crippen LogP contribution in [0.3, 0.4) is 0 Å². The SMILES string of the molecule is Nc1c(S(=O)(=O)O)cc(Nc2ccc(S(=O)(=O)O)c(Nc3nc(Cl)nc(Cl)n3)c2)c2c1C(=O)c1ccccc1C2=O.[HH].[HH].[Na].[Na]. The molecule has 1 heterocycles. The third-order valence-electron chi connectivity index (χ3n) is 5.84. The van der Waals surface area contributed by atoms with Crippen molar-refractivity contribution in [1.82, 2.24) is 15.0 Å². The summed E-state index contributed by atoms with van der Waals surface area (Å²) in [5.74, 6) is -1.73. The second-order valence-electron chi connectivity index (χ2n) is 8.40. The molecule has 216 valence electrons. The van der Waals surface area contributed by atoms with Crippen LogP contribution in [0.5, 0.6) is 0 Å². The first-order valence-corrected chi connectivity index (χ1v) is 14.6. The van der Waals surface area contributed by atoms with Crippen LogP contribution in [0.2, 0.25) is 10.6 Å². The second-order valence-corrected chi connectivity index (χ2v) is 11.9. The van der Waals surface area contributed by atoms with Gasteiger partial charge in [-0.15, -0.1) is 0 Å². The van der Waals surface area contributed by atoms with Gasteiger partial charge in [-0.2, -0.15) is 31.8 Å². The normalized spacial score (nSPS) is 12.4. The first-order valence-electron chi connectivity index (χ1n) is 11.0. The summed E-state index contributed by atoms with van der Waals surface area (Å²) in [6.45, 7) is 0. The van der Waals surface area contributed by atoms with Crippen molar-refractivity contribution in [1.29, 1.82) is 0 Å². The Hall–Kier alpha value is -2.19. The number of fused-ring (bicyclic) bond motifs is 2. The van der Waals surface area contributed by atoms with Crippen molar-refractivity contribution in [3.05, 3.63) is 81.4 Å². The Labute approximate surface area is 300 Å². The summed E-state index contributed by atoms with van der Waals surface area (Å²) in [5.41, 5.74) is 4.07. The topological polar surface area (TPSA) is 232 Å². The molecule has 0 saturated heterocycles. The van der Waals surface area contributed by atoms with Crippen LogP contribution < -0.4 is 16.4 Å². The summed E-state index contributed by atoms with van der Waals surface area (Å²) in [7, 11) is -9.80. The van der Waals surface area contributed by atoms with Gasteiger partial charge in [0.15, 0.2) is 11.6 Å². The third-order valence-corrected chi connectivity index (χ3v) is 7.99. The van der Waals surface area contributed by atoms with Crippen LogP contribution >= 0.6 is 23.2 Å². The Kier molecular flexibility index (Phi) is 10.7. The number of carbonyl (C=O) groups excluding carboxylic acids is 2. The number of nitrogen functional groups attached to an aromatic ring is 1. The maximum Gasteiger partial charge on any atom is 0.296 e. The molecule has 0 aliphatic heterocycles. The van der Waals surface area contributed by atoms with Crippen molar-refractivity contribution >= 4 is 143 Å². The van der Waals surface area contributed by atoms with E-state index in [9.17, 15) is 35.5 Å². The molecule has 14 nitrogen and oxygen atoms in total. The molecule has 0 fully saturated rings. The summed E-state index contributed by atoms with van der Waals surface area (Å²) in [6, 6.07) is 9.95.